The van der Waals surface area contributed by atoms with Gasteiger partial charge in [-0.1, -0.05) is 85.2 Å². The van der Waals surface area contributed by atoms with Crippen LogP contribution in [0.3, 0.4) is 0 Å². The van der Waals surface area contributed by atoms with Gasteiger partial charge in [0.1, 0.15) is 0 Å². The molecule has 0 heterocycles. The third kappa shape index (κ3) is 24.4. The van der Waals surface area contributed by atoms with Gasteiger partial charge in [-0.25, -0.2) is 5.57 Å². The van der Waals surface area contributed by atoms with Crippen molar-refractivity contribution in [3.8, 4) is 0 Å². The van der Waals surface area contributed by atoms with E-state index in [1.54, 1.807) is 0 Å². The summed E-state index contributed by atoms with van der Waals surface area (Å²) in [7, 11) is 0.750. The molecule has 157 valence electrons. The van der Waals surface area contributed by atoms with Crippen molar-refractivity contribution in [1.82, 2.24) is 0 Å². The Balaban J connectivity index is -0.0000000966. The van der Waals surface area contributed by atoms with Crippen molar-refractivity contribution < 1.29 is 51.3 Å². The first-order chi connectivity index (χ1) is 11.3. The third-order valence-corrected chi connectivity index (χ3v) is 4.24. The molecule has 0 aromatic carbocycles. The molecule has 27 heavy (non-hydrogen) atoms. The van der Waals surface area contributed by atoms with Gasteiger partial charge in [-0.05, 0) is 12.8 Å². The summed E-state index contributed by atoms with van der Waals surface area (Å²) in [5, 5.41) is 0. The summed E-state index contributed by atoms with van der Waals surface area (Å²) in [4.78, 5) is 10.2. The van der Waals surface area contributed by atoms with Crippen LogP contribution in [0, 0.1) is 12.0 Å². The standard InChI is InChI=1S/C10H21NO.C9H13.C2H7Si.2ClH.Ti/c1-2-3-4-5-6-7-8-9-10(11)12;1-6-5-7(2)9(4)8(6)3;1-3-2;;;/h2-9H2,1H3,(H2,11,12);6H,1-4H3;3H,1-2H3;2*1H;/q;-1;;;;+4/p-3. The molecule has 1 radical (unpaired) electrons. The van der Waals surface area contributed by atoms with E-state index in [0.29, 0.717) is 12.3 Å². The molecule has 1 unspecified atom stereocenters. The van der Waals surface area contributed by atoms with Gasteiger partial charge < -0.3 is 35.3 Å². The van der Waals surface area contributed by atoms with Gasteiger partial charge in [-0.2, -0.15) is 11.1 Å². The molecule has 1 atom stereocenters. The number of allylic oxidation sites excluding steroid dienone is 4. The van der Waals surface area contributed by atoms with Crippen molar-refractivity contribution in [1.29, 1.82) is 0 Å². The van der Waals surface area contributed by atoms with E-state index < -0.39 is 5.91 Å². The van der Waals surface area contributed by atoms with Gasteiger partial charge in [-0.3, -0.25) is 6.08 Å². The van der Waals surface area contributed by atoms with Crippen molar-refractivity contribution in [2.75, 3.05) is 0 Å². The summed E-state index contributed by atoms with van der Waals surface area (Å²) in [6.45, 7) is 15.3. The molecule has 0 fully saturated rings. The molecule has 1 aliphatic rings. The molecule has 1 rings (SSSR count). The molecule has 0 spiro atoms. The van der Waals surface area contributed by atoms with Gasteiger partial charge in [0, 0.05) is 15.4 Å². The van der Waals surface area contributed by atoms with Crippen LogP contribution in [0.5, 0.6) is 0 Å². The maximum atomic E-state index is 10.2. The number of carbonyl (C=O) groups is 1. The summed E-state index contributed by atoms with van der Waals surface area (Å²) >= 11 is 0. The fraction of sp³-hybridized carbons (Fsp3) is 0.762. The van der Waals surface area contributed by atoms with Crippen LogP contribution >= 0.6 is 0 Å². The molecule has 0 saturated carbocycles. The molecule has 0 aliphatic heterocycles. The third-order valence-electron chi connectivity index (χ3n) is 4.24. The molecule has 6 heteroatoms. The predicted octanol–water partition coefficient (Wildman–Crippen LogP) is 0.952. The smallest absolute Gasteiger partial charge is 1.00 e. The minimum Gasteiger partial charge on any atom is -1.00 e. The van der Waals surface area contributed by atoms with Crippen LogP contribution < -0.4 is 24.8 Å². The fourth-order valence-corrected chi connectivity index (χ4v) is 2.40. The van der Waals surface area contributed by atoms with Crippen molar-refractivity contribution >= 4 is 15.4 Å². The number of hydrogen-bond donors (Lipinski definition) is 0. The second-order valence-corrected chi connectivity index (χ2v) is 7.83. The zero-order valence-corrected chi connectivity index (χ0v) is 22.7. The Morgan fingerprint density at radius 2 is 1.41 bits per heavy atom. The average molecular weight is 469 g/mol. The molecule has 1 amide bonds. The Morgan fingerprint density at radius 3 is 1.67 bits per heavy atom. The number of nitrogens with one attached hydrogen (secondary N) is 1. The first kappa shape index (κ1) is 38.1. The van der Waals surface area contributed by atoms with Crippen LogP contribution in [-0.4, -0.2) is 15.4 Å². The first-order valence-electron chi connectivity index (χ1n) is 9.57. The van der Waals surface area contributed by atoms with E-state index in [9.17, 15) is 4.79 Å². The molecule has 1 N–H and O–H groups in total. The Bertz CT molecular complexity index is 402. The Labute approximate surface area is 199 Å². The molecule has 0 aromatic heterocycles. The minimum atomic E-state index is -0.413. The maximum Gasteiger partial charge on any atom is 4.00 e. The number of hydrogen-bond acceptors (Lipinski definition) is 1. The van der Waals surface area contributed by atoms with E-state index in [1.807, 2.05) is 0 Å². The van der Waals surface area contributed by atoms with E-state index in [1.165, 1.54) is 48.8 Å². The van der Waals surface area contributed by atoms with E-state index in [2.05, 4.69) is 53.8 Å². The first-order valence-corrected chi connectivity index (χ1v) is 11.9. The number of unbranched alkanes of at least 4 members (excludes halogenated alkanes) is 6. The number of halogens is 2. The van der Waals surface area contributed by atoms with Crippen LogP contribution in [0.1, 0.15) is 86.0 Å². The quantitative estimate of drug-likeness (QED) is 0.297. The van der Waals surface area contributed by atoms with Crippen LogP contribution in [0.15, 0.2) is 16.7 Å². The second kappa shape index (κ2) is 26.5. The average Bonchev–Trinajstić information content (AvgIpc) is 2.74. The van der Waals surface area contributed by atoms with E-state index >= 15 is 0 Å². The number of rotatable bonds is 8. The zero-order chi connectivity index (χ0) is 19.0. The Morgan fingerprint density at radius 1 is 1.00 bits per heavy atom. The Hall–Kier alpha value is 0.461. The maximum absolute atomic E-state index is 10.2. The molecule has 0 aromatic rings. The summed E-state index contributed by atoms with van der Waals surface area (Å²) in [6, 6.07) is 0. The van der Waals surface area contributed by atoms with Gasteiger partial charge in [0.2, 0.25) is 0 Å². The van der Waals surface area contributed by atoms with Crippen molar-refractivity contribution in [3.63, 3.8) is 0 Å². The van der Waals surface area contributed by atoms with Gasteiger partial charge in [0.25, 0.3) is 0 Å². The molecule has 0 saturated heterocycles. The molecule has 0 bridgehead atoms. The minimum absolute atomic E-state index is 0. The van der Waals surface area contributed by atoms with E-state index in [-0.39, 0.29) is 46.5 Å². The van der Waals surface area contributed by atoms with Crippen LogP contribution in [-0.2, 0) is 26.5 Å². The zero-order valence-electron chi connectivity index (χ0n) is 18.5. The fourth-order valence-electron chi connectivity index (χ4n) is 2.40. The summed E-state index contributed by atoms with van der Waals surface area (Å²) in [5.74, 6) is 0.147. The normalized spacial score (nSPS) is 14.2. The second-order valence-electron chi connectivity index (χ2n) is 6.67. The molecular weight excluding hydrogens is 429 g/mol. The molecule has 1 aliphatic carbocycles. The van der Waals surface area contributed by atoms with Gasteiger partial charge in [0.15, 0.2) is 0 Å². The topological polar surface area (TPSA) is 40.9 Å². The summed E-state index contributed by atoms with van der Waals surface area (Å²) in [6.07, 6.45) is 12.3. The number of carbonyl (C=O) groups excluding carboxylic acids is 1. The largest absolute Gasteiger partial charge is 4.00 e. The van der Waals surface area contributed by atoms with Gasteiger partial charge in [-0.15, -0.1) is 6.92 Å². The van der Waals surface area contributed by atoms with Crippen LogP contribution in [0.4, 0.5) is 0 Å². The Kier molecular flexibility index (Phi) is 37.4. The predicted molar refractivity (Wildman–Crippen MR) is 111 cm³/mol. The van der Waals surface area contributed by atoms with Crippen molar-refractivity contribution in [3.05, 3.63) is 28.5 Å². The molecular formula is C21H40Cl2NOSiTi. The van der Waals surface area contributed by atoms with E-state index in [4.69, 9.17) is 5.73 Å². The molecule has 2 nitrogen and oxygen atoms in total. The SMILES string of the molecule is CC1=[C-]C(C)C(C)=C1C.CCCCCCCCCC([NH-])=O.C[SiH]C.[Cl-].[Cl-].[Ti+4]. The number of amides is 1. The van der Waals surface area contributed by atoms with Crippen LogP contribution in [0.25, 0.3) is 5.73 Å². The van der Waals surface area contributed by atoms with E-state index in [0.717, 1.165) is 22.4 Å². The van der Waals surface area contributed by atoms with Crippen molar-refractivity contribution in [2.45, 2.75) is 99.1 Å². The monoisotopic (exact) mass is 468 g/mol. The summed E-state index contributed by atoms with van der Waals surface area (Å²) < 4.78 is 0. The van der Waals surface area contributed by atoms with Gasteiger partial charge >= 0.3 is 21.7 Å². The van der Waals surface area contributed by atoms with Gasteiger partial charge in [0.05, 0.1) is 0 Å². The van der Waals surface area contributed by atoms with Crippen molar-refractivity contribution in [2.24, 2.45) is 5.92 Å². The summed E-state index contributed by atoms with van der Waals surface area (Å²) in [5.41, 5.74) is 10.9. The van der Waals surface area contributed by atoms with Crippen LogP contribution in [0.2, 0.25) is 13.1 Å².